The number of hydrogen-bond acceptors (Lipinski definition) is 6. The van der Waals surface area contributed by atoms with E-state index >= 15 is 0 Å². The second kappa shape index (κ2) is 7.51. The Bertz CT molecular complexity index is 1190. The molecule has 1 fully saturated rings. The van der Waals surface area contributed by atoms with Crippen molar-refractivity contribution >= 4 is 27.0 Å². The third kappa shape index (κ3) is 3.20. The van der Waals surface area contributed by atoms with Crippen LogP contribution >= 0.6 is 0 Å². The zero-order valence-corrected chi connectivity index (χ0v) is 18.1. The normalized spacial score (nSPS) is 16.5. The quantitative estimate of drug-likeness (QED) is 0.575. The molecule has 160 valence electrons. The summed E-state index contributed by atoms with van der Waals surface area (Å²) in [6, 6.07) is 1.87. The maximum Gasteiger partial charge on any atom is 0.340 e. The summed E-state index contributed by atoms with van der Waals surface area (Å²) in [6.07, 6.45) is 7.61. The lowest BCUT2D eigenvalue weighted by molar-refractivity contribution is 0.0527. The Morgan fingerprint density at radius 1 is 1.27 bits per heavy atom. The smallest absolute Gasteiger partial charge is 0.340 e. The van der Waals surface area contributed by atoms with Crippen molar-refractivity contribution < 1.29 is 17.9 Å². The van der Waals surface area contributed by atoms with Gasteiger partial charge in [-0.15, -0.1) is 0 Å². The molecule has 0 spiro atoms. The maximum absolute atomic E-state index is 12.5. The van der Waals surface area contributed by atoms with Gasteiger partial charge in [-0.3, -0.25) is 4.68 Å². The number of hydrogen-bond donors (Lipinski definition) is 1. The second-order valence-corrected chi connectivity index (χ2v) is 9.68. The zero-order valence-electron chi connectivity index (χ0n) is 17.3. The number of fused-ring (bicyclic) bond motifs is 1. The SMILES string of the molecule is CCOC(=O)c1cnc2[nH]ccc2c1-c1cnn(C2(CC)CN(S(=O)(=O)CC)C2)c1. The summed E-state index contributed by atoms with van der Waals surface area (Å²) in [7, 11) is -3.22. The van der Waals surface area contributed by atoms with Gasteiger partial charge in [0.05, 0.1) is 29.7 Å². The monoisotopic (exact) mass is 431 g/mol. The third-order valence-corrected chi connectivity index (χ3v) is 7.57. The van der Waals surface area contributed by atoms with Crippen molar-refractivity contribution in [3.8, 4) is 11.1 Å². The molecule has 0 aromatic carbocycles. The van der Waals surface area contributed by atoms with E-state index in [0.29, 0.717) is 29.9 Å². The number of carbonyl (C=O) groups is 1. The number of ether oxygens (including phenoxy) is 1. The number of sulfonamides is 1. The van der Waals surface area contributed by atoms with Gasteiger partial charge in [0.1, 0.15) is 5.65 Å². The Morgan fingerprint density at radius 3 is 2.70 bits per heavy atom. The number of pyridine rings is 1. The molecule has 0 radical (unpaired) electrons. The number of carbonyl (C=O) groups excluding carboxylic acids is 1. The molecule has 1 saturated heterocycles. The lowest BCUT2D eigenvalue weighted by Crippen LogP contribution is -2.64. The van der Waals surface area contributed by atoms with Crippen LogP contribution in [0.25, 0.3) is 22.2 Å². The van der Waals surface area contributed by atoms with E-state index in [1.807, 2.05) is 23.9 Å². The van der Waals surface area contributed by atoms with E-state index in [1.165, 1.54) is 10.5 Å². The summed E-state index contributed by atoms with van der Waals surface area (Å²) in [5, 5.41) is 5.35. The summed E-state index contributed by atoms with van der Waals surface area (Å²) >= 11 is 0. The topological polar surface area (TPSA) is 110 Å². The summed E-state index contributed by atoms with van der Waals surface area (Å²) in [5.74, 6) is -0.354. The zero-order chi connectivity index (χ0) is 21.5. The molecule has 30 heavy (non-hydrogen) atoms. The Balaban J connectivity index is 1.74. The largest absolute Gasteiger partial charge is 0.462 e. The highest BCUT2D eigenvalue weighted by molar-refractivity contribution is 7.89. The van der Waals surface area contributed by atoms with E-state index in [1.54, 1.807) is 26.2 Å². The van der Waals surface area contributed by atoms with Crippen molar-refractivity contribution in [3.63, 3.8) is 0 Å². The molecule has 0 atom stereocenters. The number of esters is 1. The van der Waals surface area contributed by atoms with Gasteiger partial charge in [0.25, 0.3) is 0 Å². The van der Waals surface area contributed by atoms with E-state index in [4.69, 9.17) is 4.74 Å². The molecule has 4 rings (SSSR count). The molecule has 4 heterocycles. The van der Waals surface area contributed by atoms with Gasteiger partial charge in [-0.2, -0.15) is 9.40 Å². The first-order chi connectivity index (χ1) is 14.3. The van der Waals surface area contributed by atoms with Gasteiger partial charge in [0.15, 0.2) is 0 Å². The average molecular weight is 432 g/mol. The van der Waals surface area contributed by atoms with Crippen molar-refractivity contribution in [2.75, 3.05) is 25.4 Å². The number of aromatic nitrogens is 4. The fourth-order valence-electron chi connectivity index (χ4n) is 3.91. The van der Waals surface area contributed by atoms with Crippen LogP contribution < -0.4 is 0 Å². The summed E-state index contributed by atoms with van der Waals surface area (Å²) < 4.78 is 32.9. The van der Waals surface area contributed by atoms with E-state index in [9.17, 15) is 13.2 Å². The molecule has 3 aromatic rings. The fourth-order valence-corrected chi connectivity index (χ4v) is 5.15. The number of nitrogens with zero attached hydrogens (tertiary/aromatic N) is 4. The van der Waals surface area contributed by atoms with Gasteiger partial charge in [-0.25, -0.2) is 18.2 Å². The van der Waals surface area contributed by atoms with E-state index in [0.717, 1.165) is 17.4 Å². The van der Waals surface area contributed by atoms with Gasteiger partial charge in [0.2, 0.25) is 10.0 Å². The molecule has 0 unspecified atom stereocenters. The molecule has 0 aliphatic carbocycles. The van der Waals surface area contributed by atoms with Crippen LogP contribution in [0.3, 0.4) is 0 Å². The number of aromatic amines is 1. The van der Waals surface area contributed by atoms with E-state index in [2.05, 4.69) is 15.1 Å². The van der Waals surface area contributed by atoms with Crippen LogP contribution in [-0.4, -0.2) is 63.9 Å². The second-order valence-electron chi connectivity index (χ2n) is 7.43. The van der Waals surface area contributed by atoms with Crippen LogP contribution in [0.1, 0.15) is 37.6 Å². The molecule has 1 aliphatic rings. The number of H-pyrrole nitrogens is 1. The van der Waals surface area contributed by atoms with Crippen LogP contribution in [0.15, 0.2) is 30.9 Å². The minimum atomic E-state index is -3.22. The van der Waals surface area contributed by atoms with Crippen molar-refractivity contribution in [1.82, 2.24) is 24.1 Å². The highest BCUT2D eigenvalue weighted by Gasteiger charge is 2.48. The van der Waals surface area contributed by atoms with Crippen molar-refractivity contribution in [3.05, 3.63) is 36.4 Å². The standard InChI is InChI=1S/C20H25N5O4S/c1-4-20(12-24(13-20)30(27,28)6-3)25-11-14(9-23-25)17-15-7-8-21-18(15)22-10-16(17)19(26)29-5-2/h7-11H,4-6,12-13H2,1-3H3,(H,21,22). The molecule has 10 heteroatoms. The molecule has 0 bridgehead atoms. The average Bonchev–Trinajstić information content (AvgIpc) is 3.36. The van der Waals surface area contributed by atoms with Crippen molar-refractivity contribution in [2.45, 2.75) is 32.7 Å². The molecule has 1 N–H and O–H groups in total. The van der Waals surface area contributed by atoms with E-state index in [-0.39, 0.29) is 12.4 Å². The Morgan fingerprint density at radius 2 is 2.03 bits per heavy atom. The maximum atomic E-state index is 12.5. The Kier molecular flexibility index (Phi) is 5.15. The molecule has 3 aromatic heterocycles. The minimum absolute atomic E-state index is 0.0859. The Hall–Kier alpha value is -2.72. The first-order valence-electron chi connectivity index (χ1n) is 10.0. The van der Waals surface area contributed by atoms with Crippen LogP contribution in [0.5, 0.6) is 0 Å². The third-order valence-electron chi connectivity index (χ3n) is 5.80. The van der Waals surface area contributed by atoms with Crippen LogP contribution in [0.4, 0.5) is 0 Å². The molecule has 9 nitrogen and oxygen atoms in total. The van der Waals surface area contributed by atoms with E-state index < -0.39 is 21.5 Å². The number of nitrogens with one attached hydrogen (secondary N) is 1. The fraction of sp³-hybridized carbons (Fsp3) is 0.450. The predicted octanol–water partition coefficient (Wildman–Crippen LogP) is 2.37. The first-order valence-corrected chi connectivity index (χ1v) is 11.6. The lowest BCUT2D eigenvalue weighted by Gasteiger charge is -2.48. The van der Waals surface area contributed by atoms with Gasteiger partial charge in [0, 0.05) is 48.2 Å². The summed E-state index contributed by atoms with van der Waals surface area (Å²) in [4.78, 5) is 19.9. The number of rotatable bonds is 7. The van der Waals surface area contributed by atoms with Gasteiger partial charge in [-0.05, 0) is 26.3 Å². The molecule has 0 saturated carbocycles. The highest BCUT2D eigenvalue weighted by Crippen LogP contribution is 2.37. The van der Waals surface area contributed by atoms with Gasteiger partial charge >= 0.3 is 5.97 Å². The molecular weight excluding hydrogens is 406 g/mol. The highest BCUT2D eigenvalue weighted by atomic mass is 32.2. The summed E-state index contributed by atoms with van der Waals surface area (Å²) in [6.45, 7) is 6.48. The van der Waals surface area contributed by atoms with Gasteiger partial charge in [-0.1, -0.05) is 6.92 Å². The van der Waals surface area contributed by atoms with Crippen molar-refractivity contribution in [1.29, 1.82) is 0 Å². The van der Waals surface area contributed by atoms with Crippen LogP contribution in [0.2, 0.25) is 0 Å². The van der Waals surface area contributed by atoms with Crippen molar-refractivity contribution in [2.24, 2.45) is 0 Å². The predicted molar refractivity (Wildman–Crippen MR) is 113 cm³/mol. The molecule has 1 aliphatic heterocycles. The molecule has 0 amide bonds. The minimum Gasteiger partial charge on any atom is -0.462 e. The van der Waals surface area contributed by atoms with Gasteiger partial charge < -0.3 is 9.72 Å². The van der Waals surface area contributed by atoms with Crippen LogP contribution in [-0.2, 0) is 20.3 Å². The molecular formula is C20H25N5O4S. The first kappa shape index (κ1) is 20.5. The Labute approximate surface area is 175 Å². The van der Waals surface area contributed by atoms with Crippen LogP contribution in [0, 0.1) is 0 Å². The summed E-state index contributed by atoms with van der Waals surface area (Å²) in [5.41, 5.74) is 2.11. The lowest BCUT2D eigenvalue weighted by atomic mass is 9.89.